The molecule has 0 radical (unpaired) electrons. The van der Waals surface area contributed by atoms with Crippen molar-refractivity contribution in [1.29, 1.82) is 0 Å². The molecule has 1 aromatic carbocycles. The Morgan fingerprint density at radius 1 is 1.28 bits per heavy atom. The monoisotopic (exact) mass is 478 g/mol. The Balaban J connectivity index is 1.55. The molecular formula is C19H16ClFN6O4S. The van der Waals surface area contributed by atoms with Crippen molar-refractivity contribution in [3.8, 4) is 0 Å². The van der Waals surface area contributed by atoms with Crippen LogP contribution in [0.5, 0.6) is 0 Å². The van der Waals surface area contributed by atoms with Crippen LogP contribution in [0, 0.1) is 5.82 Å². The van der Waals surface area contributed by atoms with Crippen LogP contribution in [0.2, 0.25) is 5.02 Å². The lowest BCUT2D eigenvalue weighted by molar-refractivity contribution is 0.0689. The molecule has 10 nitrogen and oxygen atoms in total. The highest BCUT2D eigenvalue weighted by atomic mass is 35.5. The third-order valence-electron chi connectivity index (χ3n) is 3.96. The molecule has 0 unspecified atom stereocenters. The summed E-state index contributed by atoms with van der Waals surface area (Å²) in [5.74, 6) is -1.32. The van der Waals surface area contributed by atoms with Gasteiger partial charge in [-0.1, -0.05) is 23.4 Å². The van der Waals surface area contributed by atoms with Gasteiger partial charge >= 0.3 is 5.97 Å². The number of halogens is 2. The van der Waals surface area contributed by atoms with Crippen LogP contribution in [-0.2, 0) is 0 Å². The van der Waals surface area contributed by atoms with Crippen molar-refractivity contribution in [2.45, 2.75) is 5.03 Å². The van der Waals surface area contributed by atoms with E-state index in [0.717, 1.165) is 0 Å². The summed E-state index contributed by atoms with van der Waals surface area (Å²) in [5, 5.41) is 22.6. The Morgan fingerprint density at radius 2 is 2.09 bits per heavy atom. The van der Waals surface area contributed by atoms with E-state index >= 15 is 0 Å². The average molecular weight is 479 g/mol. The maximum atomic E-state index is 13.4. The summed E-state index contributed by atoms with van der Waals surface area (Å²) in [6.45, 7) is 0.288. The number of aliphatic imine (C=N–C) groups is 1. The minimum absolute atomic E-state index is 0.0399. The van der Waals surface area contributed by atoms with E-state index in [-0.39, 0.29) is 28.7 Å². The summed E-state index contributed by atoms with van der Waals surface area (Å²) in [6, 6.07) is 6.78. The van der Waals surface area contributed by atoms with E-state index in [4.69, 9.17) is 21.3 Å². The zero-order chi connectivity index (χ0) is 23.1. The minimum atomic E-state index is -1.17. The summed E-state index contributed by atoms with van der Waals surface area (Å²) in [5.41, 5.74) is 0.947. The number of anilines is 1. The van der Waals surface area contributed by atoms with Gasteiger partial charge in [0.15, 0.2) is 16.6 Å². The molecular weight excluding hydrogens is 463 g/mol. The third-order valence-corrected chi connectivity index (χ3v) is 5.20. The van der Waals surface area contributed by atoms with Gasteiger partial charge in [-0.25, -0.2) is 18.8 Å². The fraction of sp³-hybridized carbons (Fsp3) is 0.158. The molecule has 32 heavy (non-hydrogen) atoms. The van der Waals surface area contributed by atoms with Crippen molar-refractivity contribution in [3.05, 3.63) is 64.3 Å². The van der Waals surface area contributed by atoms with E-state index in [2.05, 4.69) is 30.9 Å². The van der Waals surface area contributed by atoms with Gasteiger partial charge in [-0.05, 0) is 40.6 Å². The third kappa shape index (κ3) is 5.80. The number of pyridine rings is 1. The topological polar surface area (TPSA) is 143 Å². The maximum Gasteiger partial charge on any atom is 0.354 e. The number of benzene rings is 1. The number of aromatic carboxylic acids is 1. The molecule has 0 aliphatic carbocycles. The van der Waals surface area contributed by atoms with Crippen LogP contribution in [0.25, 0.3) is 0 Å². The fourth-order valence-electron chi connectivity index (χ4n) is 2.42. The predicted octanol–water partition coefficient (Wildman–Crippen LogP) is 2.97. The number of hydrogen-bond donors (Lipinski definition) is 3. The smallest absolute Gasteiger partial charge is 0.354 e. The van der Waals surface area contributed by atoms with E-state index in [9.17, 15) is 14.0 Å². The number of carboxylic acids is 1. The van der Waals surface area contributed by atoms with Crippen LogP contribution < -0.4 is 10.6 Å². The number of amides is 1. The second-order valence-corrected chi connectivity index (χ2v) is 7.58. The molecule has 0 aliphatic rings. The zero-order valence-electron chi connectivity index (χ0n) is 16.5. The number of carbonyl (C=O) groups is 2. The summed E-state index contributed by atoms with van der Waals surface area (Å²) in [7, 11) is 1.54. The first-order chi connectivity index (χ1) is 15.4. The maximum absolute atomic E-state index is 13.4. The van der Waals surface area contributed by atoms with Gasteiger partial charge in [-0.15, -0.1) is 0 Å². The van der Waals surface area contributed by atoms with Crippen molar-refractivity contribution >= 4 is 46.8 Å². The molecule has 0 fully saturated rings. The van der Waals surface area contributed by atoms with E-state index in [1.807, 2.05) is 0 Å². The molecule has 166 valence electrons. The lowest BCUT2D eigenvalue weighted by Crippen LogP contribution is -2.26. The summed E-state index contributed by atoms with van der Waals surface area (Å²) in [6.07, 6.45) is 1.20. The number of carbonyl (C=O) groups excluding carboxylic acids is 1. The van der Waals surface area contributed by atoms with Crippen LogP contribution in [0.4, 0.5) is 10.1 Å². The number of hydrogen-bond acceptors (Lipinski definition) is 8. The molecule has 2 heterocycles. The van der Waals surface area contributed by atoms with Gasteiger partial charge in [-0.2, -0.15) is 0 Å². The van der Waals surface area contributed by atoms with Gasteiger partial charge in [0.25, 0.3) is 5.91 Å². The largest absolute Gasteiger partial charge is 0.477 e. The Hall–Kier alpha value is -3.51. The van der Waals surface area contributed by atoms with E-state index in [1.54, 1.807) is 7.05 Å². The average Bonchev–Trinajstić information content (AvgIpc) is 3.25. The highest BCUT2D eigenvalue weighted by Gasteiger charge is 2.17. The van der Waals surface area contributed by atoms with Gasteiger partial charge in [0.05, 0.1) is 10.6 Å². The first kappa shape index (κ1) is 23.2. The number of amidine groups is 1. The highest BCUT2D eigenvalue weighted by Crippen LogP contribution is 2.23. The molecule has 0 saturated heterocycles. The molecule has 3 rings (SSSR count). The lowest BCUT2D eigenvalue weighted by atomic mass is 10.2. The van der Waals surface area contributed by atoms with Gasteiger partial charge in [-0.3, -0.25) is 9.79 Å². The summed E-state index contributed by atoms with van der Waals surface area (Å²) in [4.78, 5) is 30.8. The van der Waals surface area contributed by atoms with Crippen LogP contribution in [-0.4, -0.2) is 57.5 Å². The van der Waals surface area contributed by atoms with Crippen LogP contribution in [0.1, 0.15) is 26.5 Å². The number of aromatic nitrogens is 3. The van der Waals surface area contributed by atoms with Gasteiger partial charge in [0, 0.05) is 31.2 Å². The second-order valence-electron chi connectivity index (χ2n) is 6.09. The lowest BCUT2D eigenvalue weighted by Gasteiger charge is -2.08. The highest BCUT2D eigenvalue weighted by molar-refractivity contribution is 7.99. The molecule has 0 spiro atoms. The Bertz CT molecular complexity index is 1150. The molecule has 3 aromatic rings. The van der Waals surface area contributed by atoms with Crippen molar-refractivity contribution in [2.75, 3.05) is 24.7 Å². The van der Waals surface area contributed by atoms with Crippen LogP contribution >= 0.6 is 23.4 Å². The minimum Gasteiger partial charge on any atom is -0.477 e. The van der Waals surface area contributed by atoms with E-state index < -0.39 is 11.8 Å². The number of carboxylic acid groups (broad SMARTS) is 1. The first-order valence-corrected chi connectivity index (χ1v) is 10.4. The molecule has 2 aromatic heterocycles. The van der Waals surface area contributed by atoms with Crippen molar-refractivity contribution in [1.82, 2.24) is 20.6 Å². The number of rotatable bonds is 8. The first-order valence-electron chi connectivity index (χ1n) is 9.01. The van der Waals surface area contributed by atoms with Gasteiger partial charge < -0.3 is 15.7 Å². The Kier molecular flexibility index (Phi) is 7.73. The zero-order valence-corrected chi connectivity index (χ0v) is 18.1. The van der Waals surface area contributed by atoms with Crippen LogP contribution in [0.15, 0.2) is 51.2 Å². The van der Waals surface area contributed by atoms with E-state index in [0.29, 0.717) is 28.0 Å². The van der Waals surface area contributed by atoms with Gasteiger partial charge in [0.1, 0.15) is 11.5 Å². The molecule has 0 saturated carbocycles. The number of nitrogens with one attached hydrogen (secondary N) is 2. The van der Waals surface area contributed by atoms with Crippen molar-refractivity contribution in [3.63, 3.8) is 0 Å². The summed E-state index contributed by atoms with van der Waals surface area (Å²) >= 11 is 7.08. The van der Waals surface area contributed by atoms with Crippen LogP contribution in [0.3, 0.4) is 0 Å². The quantitative estimate of drug-likeness (QED) is 0.193. The molecule has 0 atom stereocenters. The Labute approximate surface area is 190 Å². The Morgan fingerprint density at radius 3 is 2.75 bits per heavy atom. The van der Waals surface area contributed by atoms with Crippen molar-refractivity contribution < 1.29 is 23.7 Å². The number of nitrogens with zero attached hydrogens (tertiary/aromatic N) is 4. The molecule has 13 heteroatoms. The predicted molar refractivity (Wildman–Crippen MR) is 116 cm³/mol. The second kappa shape index (κ2) is 10.7. The summed E-state index contributed by atoms with van der Waals surface area (Å²) < 4.78 is 18.2. The standard InChI is InChI=1S/C19H16ClFN6O4S/c1-22-16(25-11-3-4-13(21)12(20)8-11)15-18(27-31-26-15)32-7-6-23-17(28)10-2-5-14(19(29)30)24-9-10/h2-5,8-9H,6-7H2,1H3,(H,22,25)(H,23,28)(H,29,30). The molecule has 1 amide bonds. The SMILES string of the molecule is CN=C(Nc1ccc(F)c(Cl)c1)c1nonc1SCCNC(=O)c1ccc(C(=O)O)nc1. The van der Waals surface area contributed by atoms with Gasteiger partial charge in [0.2, 0.25) is 0 Å². The molecule has 0 aliphatic heterocycles. The normalized spacial score (nSPS) is 11.3. The fourth-order valence-corrected chi connectivity index (χ4v) is 3.36. The van der Waals surface area contributed by atoms with E-state index in [1.165, 1.54) is 48.3 Å². The molecule has 0 bridgehead atoms. The van der Waals surface area contributed by atoms with Crippen molar-refractivity contribution in [2.24, 2.45) is 4.99 Å². The number of thioether (sulfide) groups is 1. The molecule has 3 N–H and O–H groups in total.